The minimum absolute atomic E-state index is 0.0609. The van der Waals surface area contributed by atoms with Gasteiger partial charge in [0.2, 0.25) is 0 Å². The van der Waals surface area contributed by atoms with E-state index in [0.717, 1.165) is 30.2 Å². The Kier molecular flexibility index (Phi) is 6.53. The van der Waals surface area contributed by atoms with Crippen LogP contribution in [0, 0.1) is 0 Å². The van der Waals surface area contributed by atoms with Crippen molar-refractivity contribution in [2.75, 3.05) is 0 Å². The predicted octanol–water partition coefficient (Wildman–Crippen LogP) is 4.73. The molecule has 4 aromatic rings. The average molecular weight is 524 g/mol. The van der Waals surface area contributed by atoms with Crippen LogP contribution in [-0.2, 0) is 11.8 Å². The number of benzene rings is 1. The number of carbonyl (C=O) groups excluding carboxylic acids is 2. The predicted molar refractivity (Wildman–Crippen MR) is 141 cm³/mol. The van der Waals surface area contributed by atoms with Gasteiger partial charge in [0.1, 0.15) is 22.5 Å². The average Bonchev–Trinajstić information content (AvgIpc) is 3.38. The maximum absolute atomic E-state index is 13.3. The standard InChI is InChI=1S/C26H30ClN7O3/c1-26(2,3)37-25(36)31-16-7-5-6-15(11-16)30-24(35)18-12-28-23-22(18)32-19(13-29-23)21-17-9-8-14(27)10-20(17)34(4)33-21/h8-10,12-13,15-16H,5-7,11H2,1-4H3,(H,28,29)(H,30,35)(H,31,36)/t15-,16-/m1/s1. The zero-order valence-corrected chi connectivity index (χ0v) is 22.0. The van der Waals surface area contributed by atoms with Gasteiger partial charge in [-0.15, -0.1) is 0 Å². The van der Waals surface area contributed by atoms with Crippen LogP contribution in [0.5, 0.6) is 0 Å². The van der Waals surface area contributed by atoms with E-state index in [1.54, 1.807) is 17.1 Å². The third-order valence-corrected chi connectivity index (χ3v) is 6.65. The van der Waals surface area contributed by atoms with Gasteiger partial charge in [-0.1, -0.05) is 11.6 Å². The molecule has 10 nitrogen and oxygen atoms in total. The zero-order valence-electron chi connectivity index (χ0n) is 21.3. The lowest BCUT2D eigenvalue weighted by Crippen LogP contribution is -2.46. The Balaban J connectivity index is 1.34. The lowest BCUT2D eigenvalue weighted by Gasteiger charge is -2.31. The van der Waals surface area contributed by atoms with Crippen molar-refractivity contribution in [3.8, 4) is 11.4 Å². The van der Waals surface area contributed by atoms with E-state index < -0.39 is 11.7 Å². The number of halogens is 1. The Bertz CT molecular complexity index is 1490. The van der Waals surface area contributed by atoms with Gasteiger partial charge in [-0.25, -0.2) is 14.8 Å². The van der Waals surface area contributed by atoms with E-state index in [-0.39, 0.29) is 18.0 Å². The molecule has 194 valence electrons. The molecule has 37 heavy (non-hydrogen) atoms. The third kappa shape index (κ3) is 5.39. The van der Waals surface area contributed by atoms with E-state index in [1.165, 1.54) is 0 Å². The van der Waals surface area contributed by atoms with Crippen molar-refractivity contribution >= 4 is 45.7 Å². The van der Waals surface area contributed by atoms with Crippen LogP contribution >= 0.6 is 11.6 Å². The van der Waals surface area contributed by atoms with Gasteiger partial charge in [0.05, 0.1) is 17.3 Å². The first-order valence-electron chi connectivity index (χ1n) is 12.3. The largest absolute Gasteiger partial charge is 0.444 e. The van der Waals surface area contributed by atoms with Crippen LogP contribution in [0.1, 0.15) is 56.8 Å². The molecule has 0 unspecified atom stereocenters. The van der Waals surface area contributed by atoms with Crippen LogP contribution in [0.2, 0.25) is 5.02 Å². The van der Waals surface area contributed by atoms with Gasteiger partial charge < -0.3 is 20.4 Å². The summed E-state index contributed by atoms with van der Waals surface area (Å²) < 4.78 is 7.12. The van der Waals surface area contributed by atoms with Crippen molar-refractivity contribution in [3.05, 3.63) is 41.2 Å². The van der Waals surface area contributed by atoms with E-state index in [9.17, 15) is 9.59 Å². The Morgan fingerprint density at radius 2 is 1.95 bits per heavy atom. The molecule has 0 spiro atoms. The highest BCUT2D eigenvalue weighted by molar-refractivity contribution is 6.31. The van der Waals surface area contributed by atoms with Crippen LogP contribution in [0.4, 0.5) is 4.79 Å². The summed E-state index contributed by atoms with van der Waals surface area (Å²) in [5.74, 6) is -0.238. The minimum atomic E-state index is -0.559. The Hall–Kier alpha value is -3.66. The number of aryl methyl sites for hydroxylation is 1. The molecular formula is C26H30ClN7O3. The molecular weight excluding hydrogens is 494 g/mol. The fraction of sp³-hybridized carbons (Fsp3) is 0.423. The molecule has 1 aromatic carbocycles. The number of H-pyrrole nitrogens is 1. The number of rotatable bonds is 4. The number of carbonyl (C=O) groups is 2. The summed E-state index contributed by atoms with van der Waals surface area (Å²) in [5.41, 5.74) is 2.95. The molecule has 11 heteroatoms. The van der Waals surface area contributed by atoms with Gasteiger partial charge >= 0.3 is 6.09 Å². The van der Waals surface area contributed by atoms with Crippen LogP contribution in [0.25, 0.3) is 33.5 Å². The second kappa shape index (κ2) is 9.66. The quantitative estimate of drug-likeness (QED) is 0.355. The van der Waals surface area contributed by atoms with Crippen molar-refractivity contribution in [1.29, 1.82) is 0 Å². The summed E-state index contributed by atoms with van der Waals surface area (Å²) in [7, 11) is 1.85. The van der Waals surface area contributed by atoms with Gasteiger partial charge in [-0.05, 0) is 64.7 Å². The van der Waals surface area contributed by atoms with E-state index >= 15 is 0 Å². The lowest BCUT2D eigenvalue weighted by molar-refractivity contribution is 0.0489. The summed E-state index contributed by atoms with van der Waals surface area (Å²) in [4.78, 5) is 37.7. The first-order valence-corrected chi connectivity index (χ1v) is 12.7. The summed E-state index contributed by atoms with van der Waals surface area (Å²) in [6.45, 7) is 5.49. The highest BCUT2D eigenvalue weighted by atomic mass is 35.5. The first-order chi connectivity index (χ1) is 17.6. The molecule has 1 fully saturated rings. The molecule has 1 saturated carbocycles. The van der Waals surface area contributed by atoms with Crippen LogP contribution in [-0.4, -0.2) is 54.4 Å². The molecule has 2 atom stereocenters. The maximum atomic E-state index is 13.3. The third-order valence-electron chi connectivity index (χ3n) is 6.41. The van der Waals surface area contributed by atoms with E-state index in [1.807, 2.05) is 46.0 Å². The highest BCUT2D eigenvalue weighted by Crippen LogP contribution is 2.29. The van der Waals surface area contributed by atoms with Gasteiger partial charge in [-0.2, -0.15) is 5.10 Å². The second-order valence-electron chi connectivity index (χ2n) is 10.5. The molecule has 1 aliphatic carbocycles. The fourth-order valence-corrected chi connectivity index (χ4v) is 4.95. The number of fused-ring (bicyclic) bond motifs is 2. The van der Waals surface area contributed by atoms with Crippen molar-refractivity contribution < 1.29 is 14.3 Å². The Labute approximate surface area is 219 Å². The highest BCUT2D eigenvalue weighted by Gasteiger charge is 2.27. The molecule has 0 radical (unpaired) electrons. The van der Waals surface area contributed by atoms with Crippen LogP contribution in [0.3, 0.4) is 0 Å². The molecule has 5 rings (SSSR count). The van der Waals surface area contributed by atoms with E-state index in [0.29, 0.717) is 39.6 Å². The number of nitrogens with zero attached hydrogens (tertiary/aromatic N) is 4. The fourth-order valence-electron chi connectivity index (χ4n) is 4.79. The zero-order chi connectivity index (χ0) is 26.3. The van der Waals surface area contributed by atoms with Crippen molar-refractivity contribution in [2.24, 2.45) is 7.05 Å². The Morgan fingerprint density at radius 1 is 1.19 bits per heavy atom. The smallest absolute Gasteiger partial charge is 0.407 e. The number of hydrogen-bond donors (Lipinski definition) is 3. The van der Waals surface area contributed by atoms with Crippen LogP contribution < -0.4 is 10.6 Å². The molecule has 3 heterocycles. The van der Waals surface area contributed by atoms with Crippen molar-refractivity contribution in [1.82, 2.24) is 35.4 Å². The number of hydrogen-bond acceptors (Lipinski definition) is 6. The van der Waals surface area contributed by atoms with E-state index in [2.05, 4.69) is 25.7 Å². The maximum Gasteiger partial charge on any atom is 0.407 e. The molecule has 0 aliphatic heterocycles. The van der Waals surface area contributed by atoms with Gasteiger partial charge in [0.25, 0.3) is 5.91 Å². The number of amides is 2. The number of nitrogens with one attached hydrogen (secondary N) is 3. The van der Waals surface area contributed by atoms with Crippen molar-refractivity contribution in [3.63, 3.8) is 0 Å². The summed E-state index contributed by atoms with van der Waals surface area (Å²) in [6, 6.07) is 5.43. The van der Waals surface area contributed by atoms with Gasteiger partial charge in [-0.3, -0.25) is 9.48 Å². The number of aromatic amines is 1. The minimum Gasteiger partial charge on any atom is -0.444 e. The molecule has 1 aliphatic rings. The second-order valence-corrected chi connectivity index (χ2v) is 10.9. The molecule has 3 N–H and O–H groups in total. The first kappa shape index (κ1) is 25.0. The summed E-state index contributed by atoms with van der Waals surface area (Å²) in [5, 5.41) is 12.2. The molecule has 2 amide bonds. The molecule has 0 bridgehead atoms. The summed E-state index contributed by atoms with van der Waals surface area (Å²) >= 11 is 6.16. The van der Waals surface area contributed by atoms with Gasteiger partial charge in [0.15, 0.2) is 5.65 Å². The Morgan fingerprint density at radius 3 is 2.70 bits per heavy atom. The number of aromatic nitrogens is 5. The number of ether oxygens (including phenoxy) is 1. The topological polar surface area (TPSA) is 127 Å². The van der Waals surface area contributed by atoms with Crippen molar-refractivity contribution in [2.45, 2.75) is 64.1 Å². The molecule has 0 saturated heterocycles. The molecule has 3 aromatic heterocycles. The lowest BCUT2D eigenvalue weighted by atomic mass is 9.91. The SMILES string of the molecule is Cn1nc(-c2cnc3[nH]cc(C(=O)N[C@@H]4CCC[C@@H](NC(=O)OC(C)(C)C)C4)c3n2)c2ccc(Cl)cc21. The van der Waals surface area contributed by atoms with Gasteiger partial charge in [0, 0.05) is 35.7 Å². The number of alkyl carbamates (subject to hydrolysis) is 1. The van der Waals surface area contributed by atoms with Crippen LogP contribution in [0.15, 0.2) is 30.6 Å². The normalized spacial score (nSPS) is 18.2. The summed E-state index contributed by atoms with van der Waals surface area (Å²) in [6.07, 6.45) is 6.03. The monoisotopic (exact) mass is 523 g/mol. The van der Waals surface area contributed by atoms with E-state index in [4.69, 9.17) is 21.3 Å².